The molecule has 21 heavy (non-hydrogen) atoms. The van der Waals surface area contributed by atoms with Crippen molar-refractivity contribution in [1.29, 1.82) is 0 Å². The largest absolute Gasteiger partial charge is 0.396 e. The summed E-state index contributed by atoms with van der Waals surface area (Å²) < 4.78 is 11.6. The summed E-state index contributed by atoms with van der Waals surface area (Å²) >= 11 is 0. The van der Waals surface area contributed by atoms with Gasteiger partial charge < -0.3 is 24.8 Å². The number of aliphatic hydroxyl groups excluding tert-OH is 3. The molecule has 2 aliphatic heterocycles. The normalized spacial score (nSPS) is 58.1. The van der Waals surface area contributed by atoms with Crippen LogP contribution < -0.4 is 0 Å². The fourth-order valence-electron chi connectivity index (χ4n) is 5.02. The molecule has 0 aromatic rings. The second-order valence-corrected chi connectivity index (χ2v) is 7.07. The first-order valence-corrected chi connectivity index (χ1v) is 7.33. The Morgan fingerprint density at radius 1 is 1.43 bits per heavy atom. The van der Waals surface area contributed by atoms with Gasteiger partial charge in [-0.1, -0.05) is 6.92 Å². The van der Waals surface area contributed by atoms with Crippen molar-refractivity contribution in [3.05, 3.63) is 11.6 Å². The molecule has 3 N–H and O–H groups in total. The average Bonchev–Trinajstić information content (AvgIpc) is 3.20. The predicted octanol–water partition coefficient (Wildman–Crippen LogP) is -0.838. The van der Waals surface area contributed by atoms with Crippen LogP contribution in [0.3, 0.4) is 0 Å². The van der Waals surface area contributed by atoms with Crippen molar-refractivity contribution in [2.45, 2.75) is 50.3 Å². The quantitative estimate of drug-likeness (QED) is 0.431. The fraction of sp³-hybridized carbons (Fsp3) is 0.800. The lowest BCUT2D eigenvalue weighted by molar-refractivity contribution is -0.244. The topological polar surface area (TPSA) is 99.5 Å². The van der Waals surface area contributed by atoms with Gasteiger partial charge >= 0.3 is 0 Å². The van der Waals surface area contributed by atoms with Crippen LogP contribution in [0.15, 0.2) is 11.6 Å². The van der Waals surface area contributed by atoms with Crippen LogP contribution in [0.2, 0.25) is 0 Å². The highest BCUT2D eigenvalue weighted by atomic mass is 16.9. The van der Waals surface area contributed by atoms with E-state index in [0.29, 0.717) is 18.6 Å². The van der Waals surface area contributed by atoms with Crippen molar-refractivity contribution in [3.8, 4) is 0 Å². The zero-order valence-electron chi connectivity index (χ0n) is 12.1. The highest BCUT2D eigenvalue weighted by Gasteiger charge is 2.83. The van der Waals surface area contributed by atoms with E-state index in [1.54, 1.807) is 13.0 Å². The molecule has 2 heterocycles. The number of hydrogen-bond donors (Lipinski definition) is 3. The molecule has 0 radical (unpaired) electrons. The lowest BCUT2D eigenvalue weighted by atomic mass is 10.5. The van der Waals surface area contributed by atoms with Crippen LogP contribution in [-0.4, -0.2) is 64.3 Å². The average molecular weight is 311 g/mol. The van der Waals surface area contributed by atoms with Crippen molar-refractivity contribution < 1.29 is 29.6 Å². The van der Waals surface area contributed by atoms with Crippen molar-refractivity contribution >= 4 is 5.78 Å². The van der Waals surface area contributed by atoms with Gasteiger partial charge in [-0.3, -0.25) is 4.79 Å². The Labute approximate surface area is 122 Å². The van der Waals surface area contributed by atoms with Crippen molar-refractivity contribution in [3.63, 3.8) is 0 Å². The van der Waals surface area contributed by atoms with Crippen LogP contribution in [0, 0.1) is 10.8 Å². The number of Topliss-reactive ketones (excluding diaryl/α,β-unsaturated/α-hetero) is 1. The molecule has 2 bridgehead atoms. The van der Waals surface area contributed by atoms with Gasteiger partial charge in [0.2, 0.25) is 0 Å². The van der Waals surface area contributed by atoms with E-state index in [2.05, 4.69) is 0 Å². The summed E-state index contributed by atoms with van der Waals surface area (Å²) in [5, 5.41) is 31.1. The molecule has 0 aromatic heterocycles. The summed E-state index contributed by atoms with van der Waals surface area (Å²) in [6.07, 6.45) is -1.14. The lowest BCUT2D eigenvalue weighted by Crippen LogP contribution is -2.70. The van der Waals surface area contributed by atoms with Gasteiger partial charge in [0.1, 0.15) is 17.8 Å². The number of carbonyl (C=O) groups is 1. The number of rotatable bonds is 1. The summed E-state index contributed by atoms with van der Waals surface area (Å²) in [4.78, 5) is 12.3. The number of carbonyl (C=O) groups excluding carboxylic acids is 1. The van der Waals surface area contributed by atoms with E-state index in [4.69, 9.17) is 9.47 Å². The molecule has 2 saturated heterocycles. The van der Waals surface area contributed by atoms with Gasteiger partial charge in [-0.2, -0.15) is 0 Å². The zero-order valence-corrected chi connectivity index (χ0v) is 12.1. The number of aliphatic hydroxyl groups is 3. The van der Waals surface area contributed by atoms with Gasteiger partial charge in [0, 0.05) is 5.41 Å². The van der Waals surface area contributed by atoms with E-state index in [-0.39, 0.29) is 5.78 Å². The molecular weight excluding hydrogens is 291 g/mol. The highest BCUT2D eigenvalue weighted by Crippen LogP contribution is 2.70. The van der Waals surface area contributed by atoms with E-state index in [0.717, 1.165) is 0 Å². The van der Waals surface area contributed by atoms with Crippen molar-refractivity contribution in [2.24, 2.45) is 10.8 Å². The van der Waals surface area contributed by atoms with Gasteiger partial charge in [-0.25, -0.2) is 0 Å². The van der Waals surface area contributed by atoms with Crippen LogP contribution in [0.4, 0.5) is 0 Å². The van der Waals surface area contributed by atoms with E-state index < -0.39 is 47.5 Å². The molecule has 3 fully saturated rings. The van der Waals surface area contributed by atoms with Crippen LogP contribution in [-0.2, 0) is 14.3 Å². The minimum Gasteiger partial charge on any atom is -0.396 e. The Hall–Kier alpha value is -0.790. The third kappa shape index (κ3) is 1.22. The predicted molar refractivity (Wildman–Crippen MR) is 70.4 cm³/mol. The van der Waals surface area contributed by atoms with E-state index in [9.17, 15) is 20.1 Å². The summed E-state index contributed by atoms with van der Waals surface area (Å²) in [5.74, 6) is -0.388. The maximum absolute atomic E-state index is 12.3. The minimum atomic E-state index is -1.35. The maximum atomic E-state index is 12.3. The number of ketones is 1. The highest BCUT2D eigenvalue weighted by molar-refractivity contribution is 6.00. The minimum absolute atomic E-state index is 0.339. The van der Waals surface area contributed by atoms with Crippen LogP contribution in [0.25, 0.3) is 0 Å². The molecule has 1 saturated carbocycles. The Morgan fingerprint density at radius 2 is 2.10 bits per heavy atom. The molecule has 7 atom stereocenters. The third-order valence-corrected chi connectivity index (χ3v) is 6.43. The molecule has 4 aliphatic rings. The monoisotopic (exact) mass is 311 g/mol. The van der Waals surface area contributed by atoms with E-state index in [1.807, 2.05) is 6.92 Å². The molecule has 116 valence electrons. The number of ether oxygens (including phenoxy) is 2. The standard InChI is InChI=1S/C15H20O6/c1-7-3-9-14(5-16,11(19)10(7)18)13(2)4-8(17)12(21-9)15(13)6-20-15/h3,8-9,11-12,16-17,19H,4-6H2,1-2H3/t8-,9-,11-,12-,13?,14-,15?/m1/s1/i1+1,2+1,3+1,4+1,5+1,6+1,7+1,8+1,9+1,10+1,11+1,12+1,13+1,14+1,15+1. The number of epoxide rings is 1. The first-order chi connectivity index (χ1) is 9.84. The Morgan fingerprint density at radius 3 is 2.67 bits per heavy atom. The SMILES string of the molecule is [13CH3][13C]1=[13CH][13C@H]2O[13C@@H]3[13C@H](O)[13CH2][13C]([13CH3])([13C]34[13CH2]O4)[13C@@]2([13CH2]O)[13C@H](O)[13C]1=O. The van der Waals surface area contributed by atoms with Gasteiger partial charge in [-0.05, 0) is 25.0 Å². The number of fused-ring (bicyclic) bond motifs is 2. The van der Waals surface area contributed by atoms with Crippen LogP contribution in [0.5, 0.6) is 0 Å². The Bertz CT molecular complexity index is 552. The third-order valence-electron chi connectivity index (χ3n) is 6.43. The molecule has 0 aromatic carbocycles. The molecule has 2 aliphatic carbocycles. The lowest BCUT2D eigenvalue weighted by Gasteiger charge is -2.58. The molecule has 6 nitrogen and oxygen atoms in total. The van der Waals surface area contributed by atoms with Crippen LogP contribution in [0.1, 0.15) is 20.3 Å². The van der Waals surface area contributed by atoms with Crippen LogP contribution >= 0.6 is 0 Å². The van der Waals surface area contributed by atoms with E-state index >= 15 is 0 Å². The second-order valence-electron chi connectivity index (χ2n) is 7.07. The molecule has 0 amide bonds. The molecule has 4 rings (SSSR count). The van der Waals surface area contributed by atoms with Gasteiger partial charge in [0.25, 0.3) is 0 Å². The maximum Gasteiger partial charge on any atom is 0.187 e. The molecule has 6 heteroatoms. The summed E-state index contributed by atoms with van der Waals surface area (Å²) in [6, 6.07) is 0. The first kappa shape index (κ1) is 13.8. The Kier molecular flexibility index (Phi) is 2.47. The molecular formula is C15H20O6. The summed E-state index contributed by atoms with van der Waals surface area (Å²) in [5.41, 5.74) is -2.16. The summed E-state index contributed by atoms with van der Waals surface area (Å²) in [7, 11) is 0. The first-order valence-electron chi connectivity index (χ1n) is 7.33. The van der Waals surface area contributed by atoms with Crippen molar-refractivity contribution in [2.75, 3.05) is 13.2 Å². The summed E-state index contributed by atoms with van der Waals surface area (Å²) in [6.45, 7) is 3.55. The molecule has 2 unspecified atom stereocenters. The van der Waals surface area contributed by atoms with E-state index in [1.165, 1.54) is 0 Å². The Balaban J connectivity index is 1.95. The number of hydrogen-bond acceptors (Lipinski definition) is 6. The smallest absolute Gasteiger partial charge is 0.187 e. The zero-order chi connectivity index (χ0) is 15.2. The second kappa shape index (κ2) is 3.75. The van der Waals surface area contributed by atoms with Gasteiger partial charge in [0.05, 0.1) is 30.8 Å². The fourth-order valence-corrected chi connectivity index (χ4v) is 5.02. The van der Waals surface area contributed by atoms with Crippen molar-refractivity contribution in [1.82, 2.24) is 0 Å². The van der Waals surface area contributed by atoms with Gasteiger partial charge in [0.15, 0.2) is 5.78 Å². The van der Waals surface area contributed by atoms with Gasteiger partial charge in [-0.15, -0.1) is 0 Å². The molecule has 1 spiro atoms.